The minimum Gasteiger partial charge on any atom is -0.352 e. The van der Waals surface area contributed by atoms with Gasteiger partial charge in [0.1, 0.15) is 18.2 Å². The van der Waals surface area contributed by atoms with E-state index in [1.807, 2.05) is 13.8 Å². The summed E-state index contributed by atoms with van der Waals surface area (Å²) in [4.78, 5) is 26.7. The van der Waals surface area contributed by atoms with Gasteiger partial charge >= 0.3 is 6.03 Å². The number of amides is 3. The number of urea groups is 1. The van der Waals surface area contributed by atoms with E-state index in [0.29, 0.717) is 5.82 Å². The van der Waals surface area contributed by atoms with E-state index in [1.165, 1.54) is 6.33 Å². The summed E-state index contributed by atoms with van der Waals surface area (Å²) in [6.45, 7) is 4.03. The normalized spacial score (nSPS) is 13.7. The summed E-state index contributed by atoms with van der Waals surface area (Å²) in [6.07, 6.45) is 2.11. The van der Waals surface area contributed by atoms with Gasteiger partial charge in [0, 0.05) is 0 Å². The van der Waals surface area contributed by atoms with Crippen LogP contribution < -0.4 is 16.4 Å². The second kappa shape index (κ2) is 6.58. The fourth-order valence-corrected chi connectivity index (χ4v) is 1.45. The number of aromatic amines is 1. The van der Waals surface area contributed by atoms with E-state index in [-0.39, 0.29) is 18.4 Å². The van der Waals surface area contributed by atoms with Crippen LogP contribution in [0.3, 0.4) is 0 Å². The van der Waals surface area contributed by atoms with Crippen molar-refractivity contribution >= 4 is 11.9 Å². The fourth-order valence-electron chi connectivity index (χ4n) is 1.45. The lowest BCUT2D eigenvalue weighted by atomic mass is 9.98. The number of aromatic nitrogens is 3. The Morgan fingerprint density at radius 3 is 2.78 bits per heavy atom. The highest BCUT2D eigenvalue weighted by molar-refractivity contribution is 5.86. The van der Waals surface area contributed by atoms with Gasteiger partial charge in [-0.15, -0.1) is 0 Å². The summed E-state index contributed by atoms with van der Waals surface area (Å²) in [5.74, 6) is 0.247. The second-order valence-corrected chi connectivity index (χ2v) is 4.02. The lowest BCUT2D eigenvalue weighted by Crippen LogP contribution is -2.51. The maximum Gasteiger partial charge on any atom is 0.312 e. The Bertz CT molecular complexity index is 391. The third kappa shape index (κ3) is 4.04. The van der Waals surface area contributed by atoms with Crippen molar-refractivity contribution in [2.75, 3.05) is 0 Å². The first-order valence-electron chi connectivity index (χ1n) is 5.72. The molecule has 2 atom stereocenters. The molecule has 0 aliphatic carbocycles. The van der Waals surface area contributed by atoms with Gasteiger partial charge in [-0.3, -0.25) is 9.89 Å². The van der Waals surface area contributed by atoms with Crippen LogP contribution in [0.1, 0.15) is 26.1 Å². The first-order chi connectivity index (χ1) is 8.54. The van der Waals surface area contributed by atoms with E-state index in [0.717, 1.165) is 6.42 Å². The molecule has 0 saturated heterocycles. The van der Waals surface area contributed by atoms with E-state index in [4.69, 9.17) is 5.73 Å². The molecule has 0 aliphatic rings. The van der Waals surface area contributed by atoms with Crippen LogP contribution in [-0.2, 0) is 11.3 Å². The highest BCUT2D eigenvalue weighted by atomic mass is 16.2. The van der Waals surface area contributed by atoms with E-state index >= 15 is 0 Å². The Balaban J connectivity index is 2.55. The molecule has 0 fully saturated rings. The molecule has 2 unspecified atom stereocenters. The van der Waals surface area contributed by atoms with Crippen molar-refractivity contribution in [3.63, 3.8) is 0 Å². The maximum absolute atomic E-state index is 11.9. The van der Waals surface area contributed by atoms with Crippen molar-refractivity contribution in [3.8, 4) is 0 Å². The van der Waals surface area contributed by atoms with Gasteiger partial charge in [-0.1, -0.05) is 20.3 Å². The molecule has 18 heavy (non-hydrogen) atoms. The Hall–Kier alpha value is -2.12. The number of rotatable bonds is 6. The van der Waals surface area contributed by atoms with Crippen LogP contribution in [0.5, 0.6) is 0 Å². The quantitative estimate of drug-likeness (QED) is 0.546. The molecule has 0 spiro atoms. The number of hydrogen-bond acceptors (Lipinski definition) is 4. The molecule has 0 bridgehead atoms. The zero-order valence-corrected chi connectivity index (χ0v) is 10.4. The zero-order valence-electron chi connectivity index (χ0n) is 10.4. The molecule has 0 aromatic carbocycles. The van der Waals surface area contributed by atoms with Gasteiger partial charge in [0.15, 0.2) is 0 Å². The maximum atomic E-state index is 11.9. The monoisotopic (exact) mass is 254 g/mol. The van der Waals surface area contributed by atoms with Gasteiger partial charge in [-0.2, -0.15) is 5.10 Å². The van der Waals surface area contributed by atoms with Crippen LogP contribution in [0.15, 0.2) is 6.33 Å². The predicted molar refractivity (Wildman–Crippen MR) is 64.2 cm³/mol. The van der Waals surface area contributed by atoms with Crippen molar-refractivity contribution in [1.82, 2.24) is 25.8 Å². The van der Waals surface area contributed by atoms with Crippen molar-refractivity contribution in [2.24, 2.45) is 11.7 Å². The predicted octanol–water partition coefficient (Wildman–Crippen LogP) is -0.496. The molecule has 0 aliphatic heterocycles. The molecule has 1 aromatic rings. The Labute approximate surface area is 105 Å². The number of carbonyl (C=O) groups excluding carboxylic acids is 2. The van der Waals surface area contributed by atoms with E-state index in [9.17, 15) is 9.59 Å². The third-order valence-electron chi connectivity index (χ3n) is 2.69. The number of primary amides is 1. The summed E-state index contributed by atoms with van der Waals surface area (Å²) in [6, 6.07) is -1.36. The van der Waals surface area contributed by atoms with Gasteiger partial charge in [0.25, 0.3) is 0 Å². The highest BCUT2D eigenvalue weighted by Gasteiger charge is 2.24. The van der Waals surface area contributed by atoms with Crippen LogP contribution in [0.2, 0.25) is 0 Å². The number of nitrogens with one attached hydrogen (secondary N) is 3. The minimum absolute atomic E-state index is 0.00720. The molecular weight excluding hydrogens is 236 g/mol. The summed E-state index contributed by atoms with van der Waals surface area (Å²) < 4.78 is 0. The first kappa shape index (κ1) is 13.9. The molecule has 5 N–H and O–H groups in total. The molecule has 1 heterocycles. The van der Waals surface area contributed by atoms with Crippen LogP contribution in [0.4, 0.5) is 4.79 Å². The van der Waals surface area contributed by atoms with Crippen molar-refractivity contribution < 1.29 is 9.59 Å². The van der Waals surface area contributed by atoms with E-state index in [1.54, 1.807) is 0 Å². The van der Waals surface area contributed by atoms with Gasteiger partial charge in [-0.25, -0.2) is 9.78 Å². The summed E-state index contributed by atoms with van der Waals surface area (Å²) in [5, 5.41) is 11.4. The third-order valence-corrected chi connectivity index (χ3v) is 2.69. The van der Waals surface area contributed by atoms with Crippen molar-refractivity contribution in [1.29, 1.82) is 0 Å². The molecule has 1 aromatic heterocycles. The standard InChI is InChI=1S/C10H18N6O2/c1-3-6(2)8(15-10(11)18)9(17)12-4-7-13-5-14-16-7/h5-6,8H,3-4H2,1-2H3,(H,12,17)(H3,11,15,18)(H,13,14,16). The van der Waals surface area contributed by atoms with E-state index < -0.39 is 12.1 Å². The SMILES string of the molecule is CCC(C)C(NC(N)=O)C(=O)NCc1ncn[nH]1. The van der Waals surface area contributed by atoms with Gasteiger partial charge in [-0.05, 0) is 5.92 Å². The lowest BCUT2D eigenvalue weighted by Gasteiger charge is -2.22. The van der Waals surface area contributed by atoms with E-state index in [2.05, 4.69) is 25.8 Å². The average molecular weight is 254 g/mol. The van der Waals surface area contributed by atoms with Gasteiger partial charge in [0.2, 0.25) is 5.91 Å². The van der Waals surface area contributed by atoms with Crippen LogP contribution in [0, 0.1) is 5.92 Å². The smallest absolute Gasteiger partial charge is 0.312 e. The lowest BCUT2D eigenvalue weighted by molar-refractivity contribution is -0.124. The number of carbonyl (C=O) groups is 2. The molecular formula is C10H18N6O2. The molecule has 8 nitrogen and oxygen atoms in total. The number of nitrogens with two attached hydrogens (primary N) is 1. The molecule has 8 heteroatoms. The molecule has 1 rings (SSSR count). The van der Waals surface area contributed by atoms with Crippen molar-refractivity contribution in [2.45, 2.75) is 32.9 Å². The largest absolute Gasteiger partial charge is 0.352 e. The summed E-state index contributed by atoms with van der Waals surface area (Å²) >= 11 is 0. The fraction of sp³-hybridized carbons (Fsp3) is 0.600. The van der Waals surface area contributed by atoms with Gasteiger partial charge < -0.3 is 16.4 Å². The van der Waals surface area contributed by atoms with Crippen LogP contribution in [0.25, 0.3) is 0 Å². The van der Waals surface area contributed by atoms with Crippen LogP contribution >= 0.6 is 0 Å². The van der Waals surface area contributed by atoms with Crippen molar-refractivity contribution in [3.05, 3.63) is 12.2 Å². The molecule has 0 radical (unpaired) electrons. The van der Waals surface area contributed by atoms with Crippen LogP contribution in [-0.4, -0.2) is 33.2 Å². The summed E-state index contributed by atoms with van der Waals surface area (Å²) in [5.41, 5.74) is 5.06. The average Bonchev–Trinajstić information content (AvgIpc) is 2.85. The second-order valence-electron chi connectivity index (χ2n) is 4.02. The Morgan fingerprint density at radius 2 is 2.28 bits per heavy atom. The number of hydrogen-bond donors (Lipinski definition) is 4. The zero-order chi connectivity index (χ0) is 13.5. The minimum atomic E-state index is -0.713. The molecule has 0 saturated carbocycles. The number of nitrogens with zero attached hydrogens (tertiary/aromatic N) is 2. The highest BCUT2D eigenvalue weighted by Crippen LogP contribution is 2.07. The Kier molecular flexibility index (Phi) is 5.09. The molecule has 100 valence electrons. The topological polar surface area (TPSA) is 126 Å². The first-order valence-corrected chi connectivity index (χ1v) is 5.72. The Morgan fingerprint density at radius 1 is 1.56 bits per heavy atom. The summed E-state index contributed by atoms with van der Waals surface area (Å²) in [7, 11) is 0. The molecule has 3 amide bonds. The van der Waals surface area contributed by atoms with Gasteiger partial charge in [0.05, 0.1) is 6.54 Å². The number of H-pyrrole nitrogens is 1.